The first-order valence-electron chi connectivity index (χ1n) is 11.7. The lowest BCUT2D eigenvalue weighted by Crippen LogP contribution is -2.29. The Bertz CT molecular complexity index is 1290. The van der Waals surface area contributed by atoms with Gasteiger partial charge < -0.3 is 5.32 Å². The summed E-state index contributed by atoms with van der Waals surface area (Å²) in [4.78, 5) is 12.9. The van der Waals surface area contributed by atoms with Crippen LogP contribution >= 0.6 is 0 Å². The minimum absolute atomic E-state index is 0.0635. The van der Waals surface area contributed by atoms with E-state index < -0.39 is 10.0 Å². The molecular formula is C26H28N4O3S. The van der Waals surface area contributed by atoms with Gasteiger partial charge in [-0.15, -0.1) is 0 Å². The normalized spacial score (nSPS) is 18.1. The van der Waals surface area contributed by atoms with Crippen molar-refractivity contribution < 1.29 is 13.2 Å². The van der Waals surface area contributed by atoms with Crippen LogP contribution in [-0.4, -0.2) is 30.1 Å². The van der Waals surface area contributed by atoms with Crippen LogP contribution in [0.3, 0.4) is 0 Å². The first kappa shape index (κ1) is 22.6. The fourth-order valence-corrected chi connectivity index (χ4v) is 5.60. The number of carbonyl (C=O) groups excluding carboxylic acids is 1. The van der Waals surface area contributed by atoms with Crippen LogP contribution in [0.2, 0.25) is 0 Å². The van der Waals surface area contributed by atoms with Gasteiger partial charge >= 0.3 is 0 Å². The van der Waals surface area contributed by atoms with E-state index in [0.717, 1.165) is 49.8 Å². The summed E-state index contributed by atoms with van der Waals surface area (Å²) >= 11 is 0. The average molecular weight is 477 g/mol. The van der Waals surface area contributed by atoms with Gasteiger partial charge in [-0.25, -0.2) is 13.1 Å². The lowest BCUT2D eigenvalue weighted by Gasteiger charge is -2.23. The topological polar surface area (TPSA) is 93.1 Å². The van der Waals surface area contributed by atoms with E-state index in [2.05, 4.69) is 27.3 Å². The van der Waals surface area contributed by atoms with Crippen LogP contribution in [0.25, 0.3) is 6.08 Å². The van der Waals surface area contributed by atoms with E-state index in [0.29, 0.717) is 0 Å². The van der Waals surface area contributed by atoms with E-state index >= 15 is 0 Å². The van der Waals surface area contributed by atoms with Crippen molar-refractivity contribution in [3.05, 3.63) is 89.3 Å². The minimum atomic E-state index is -3.47. The van der Waals surface area contributed by atoms with Gasteiger partial charge in [0.1, 0.15) is 0 Å². The van der Waals surface area contributed by atoms with Gasteiger partial charge in [-0.2, -0.15) is 5.10 Å². The van der Waals surface area contributed by atoms with E-state index in [9.17, 15) is 13.2 Å². The number of fused-ring (bicyclic) bond motifs is 1. The van der Waals surface area contributed by atoms with Crippen LogP contribution in [0, 0.1) is 0 Å². The number of nitrogens with zero attached hydrogens (tertiary/aromatic N) is 2. The van der Waals surface area contributed by atoms with Crippen molar-refractivity contribution in [2.45, 2.75) is 55.6 Å². The molecule has 34 heavy (non-hydrogen) atoms. The van der Waals surface area contributed by atoms with Crippen molar-refractivity contribution in [3.63, 3.8) is 0 Å². The SMILES string of the molecule is O=C(/C=C/c1ccc(S(=O)(=O)NC2CC2)cc1)NC1CCCc2c1cnn2Cc1ccccc1. The number of nitrogens with one attached hydrogen (secondary N) is 2. The standard InChI is InChI=1S/C26H28N4O3S/c31-26(16-11-19-9-14-22(15-10-19)34(32,33)29-21-12-13-21)28-24-7-4-8-25-23(24)17-27-30(25)18-20-5-2-1-3-6-20/h1-3,5-6,9-11,14-17,21,24,29H,4,7-8,12-13,18H2,(H,28,31)/b16-11+. The third-order valence-corrected chi connectivity index (χ3v) is 7.81. The number of benzene rings is 2. The van der Waals surface area contributed by atoms with Crippen molar-refractivity contribution in [1.29, 1.82) is 0 Å². The zero-order valence-electron chi connectivity index (χ0n) is 18.9. The number of hydrogen-bond acceptors (Lipinski definition) is 4. The first-order chi connectivity index (χ1) is 16.5. The fraction of sp³-hybridized carbons (Fsp3) is 0.308. The number of sulfonamides is 1. The maximum Gasteiger partial charge on any atom is 0.244 e. The Kier molecular flexibility index (Phi) is 6.34. The smallest absolute Gasteiger partial charge is 0.244 e. The summed E-state index contributed by atoms with van der Waals surface area (Å²) in [6, 6.07) is 16.8. The molecule has 0 bridgehead atoms. The molecule has 3 aromatic rings. The third kappa shape index (κ3) is 5.29. The van der Waals surface area contributed by atoms with Crippen molar-refractivity contribution in [2.24, 2.45) is 0 Å². The highest BCUT2D eigenvalue weighted by Gasteiger charge is 2.28. The number of amides is 1. The molecule has 2 N–H and O–H groups in total. The second-order valence-corrected chi connectivity index (χ2v) is 10.7. The molecule has 176 valence electrons. The molecule has 0 aliphatic heterocycles. The molecule has 2 aliphatic carbocycles. The van der Waals surface area contributed by atoms with Crippen LogP contribution in [-0.2, 0) is 27.8 Å². The van der Waals surface area contributed by atoms with Gasteiger partial charge in [0.2, 0.25) is 15.9 Å². The van der Waals surface area contributed by atoms with Crippen LogP contribution in [0.5, 0.6) is 0 Å². The molecule has 1 aromatic heterocycles. The van der Waals surface area contributed by atoms with Crippen LogP contribution in [0.4, 0.5) is 0 Å². The number of rotatable bonds is 8. The number of aromatic nitrogens is 2. The summed E-state index contributed by atoms with van der Waals surface area (Å²) in [5, 5.41) is 7.69. The average Bonchev–Trinajstić information content (AvgIpc) is 3.55. The van der Waals surface area contributed by atoms with Gasteiger partial charge in [-0.3, -0.25) is 9.48 Å². The molecule has 7 nitrogen and oxygen atoms in total. The van der Waals surface area contributed by atoms with E-state index in [1.165, 1.54) is 17.3 Å². The van der Waals surface area contributed by atoms with E-state index in [-0.39, 0.29) is 22.9 Å². The van der Waals surface area contributed by atoms with Crippen molar-refractivity contribution in [1.82, 2.24) is 19.8 Å². The second-order valence-electron chi connectivity index (χ2n) is 8.94. The van der Waals surface area contributed by atoms with Crippen molar-refractivity contribution in [2.75, 3.05) is 0 Å². The van der Waals surface area contributed by atoms with Crippen LogP contribution in [0.1, 0.15) is 54.1 Å². The second kappa shape index (κ2) is 9.56. The molecular weight excluding hydrogens is 448 g/mol. The largest absolute Gasteiger partial charge is 0.346 e. The molecule has 0 spiro atoms. The summed E-state index contributed by atoms with van der Waals surface area (Å²) in [6.07, 6.45) is 9.68. The zero-order chi connectivity index (χ0) is 23.5. The van der Waals surface area contributed by atoms with Gasteiger partial charge in [-0.1, -0.05) is 42.5 Å². The fourth-order valence-electron chi connectivity index (χ4n) is 4.30. The molecule has 2 aromatic carbocycles. The molecule has 1 fully saturated rings. The van der Waals surface area contributed by atoms with Crippen molar-refractivity contribution in [3.8, 4) is 0 Å². The predicted molar refractivity (Wildman–Crippen MR) is 130 cm³/mol. The van der Waals surface area contributed by atoms with Gasteiger partial charge in [0.15, 0.2) is 0 Å². The Morgan fingerprint density at radius 1 is 1.06 bits per heavy atom. The van der Waals surface area contributed by atoms with Gasteiger partial charge in [0.05, 0.1) is 23.7 Å². The summed E-state index contributed by atoms with van der Waals surface area (Å²) in [7, 11) is -3.47. The number of hydrogen-bond donors (Lipinski definition) is 2. The van der Waals surface area contributed by atoms with E-state index in [1.54, 1.807) is 30.3 Å². The summed E-state index contributed by atoms with van der Waals surface area (Å²) < 4.78 is 29.3. The predicted octanol–water partition coefficient (Wildman–Crippen LogP) is 3.58. The first-order valence-corrected chi connectivity index (χ1v) is 13.2. The molecule has 1 saturated carbocycles. The maximum atomic E-state index is 12.6. The highest BCUT2D eigenvalue weighted by Crippen LogP contribution is 2.30. The Morgan fingerprint density at radius 2 is 1.82 bits per heavy atom. The highest BCUT2D eigenvalue weighted by atomic mass is 32.2. The Labute approximate surface area is 199 Å². The maximum absolute atomic E-state index is 12.6. The molecule has 0 saturated heterocycles. The van der Waals surface area contributed by atoms with E-state index in [1.807, 2.05) is 29.1 Å². The summed E-state index contributed by atoms with van der Waals surface area (Å²) in [5.74, 6) is -0.180. The Balaban J connectivity index is 1.21. The molecule has 8 heteroatoms. The highest BCUT2D eigenvalue weighted by molar-refractivity contribution is 7.89. The molecule has 1 heterocycles. The molecule has 1 unspecified atom stereocenters. The van der Waals surface area contributed by atoms with Crippen LogP contribution in [0.15, 0.2) is 71.8 Å². The molecule has 2 aliphatic rings. The van der Waals surface area contributed by atoms with Crippen molar-refractivity contribution >= 4 is 22.0 Å². The lowest BCUT2D eigenvalue weighted by molar-refractivity contribution is -0.117. The van der Waals surface area contributed by atoms with Gasteiger partial charge in [-0.05, 0) is 61.4 Å². The quantitative estimate of drug-likeness (QED) is 0.486. The monoisotopic (exact) mass is 476 g/mol. The molecule has 5 rings (SSSR count). The molecule has 0 radical (unpaired) electrons. The molecule has 1 atom stereocenters. The molecule has 1 amide bonds. The third-order valence-electron chi connectivity index (χ3n) is 6.27. The van der Waals surface area contributed by atoms with Gasteiger partial charge in [0.25, 0.3) is 0 Å². The van der Waals surface area contributed by atoms with Crippen LogP contribution < -0.4 is 10.0 Å². The van der Waals surface area contributed by atoms with E-state index in [4.69, 9.17) is 0 Å². The summed E-state index contributed by atoms with van der Waals surface area (Å²) in [6.45, 7) is 0.721. The Hall–Kier alpha value is -3.23. The Morgan fingerprint density at radius 3 is 2.56 bits per heavy atom. The van der Waals surface area contributed by atoms with Gasteiger partial charge in [0, 0.05) is 23.4 Å². The zero-order valence-corrected chi connectivity index (χ0v) is 19.7. The minimum Gasteiger partial charge on any atom is -0.346 e. The lowest BCUT2D eigenvalue weighted by atomic mass is 9.93. The number of carbonyl (C=O) groups is 1. The summed E-state index contributed by atoms with van der Waals surface area (Å²) in [5.41, 5.74) is 4.23.